The van der Waals surface area contributed by atoms with Gasteiger partial charge in [0.1, 0.15) is 11.6 Å². The lowest BCUT2D eigenvalue weighted by Gasteiger charge is -2.38. The molecule has 2 atom stereocenters. The first-order valence-electron chi connectivity index (χ1n) is 14.1. The molecule has 1 saturated carbocycles. The van der Waals surface area contributed by atoms with Gasteiger partial charge in [-0.05, 0) is 73.9 Å². The Hall–Kier alpha value is -2.12. The van der Waals surface area contributed by atoms with Crippen molar-refractivity contribution >= 4 is 46.5 Å². The van der Waals surface area contributed by atoms with E-state index >= 15 is 0 Å². The van der Waals surface area contributed by atoms with E-state index in [1.54, 1.807) is 0 Å². The fourth-order valence-corrected chi connectivity index (χ4v) is 6.88. The van der Waals surface area contributed by atoms with E-state index in [2.05, 4.69) is 52.5 Å². The first-order chi connectivity index (χ1) is 17.9. The molecule has 0 unspecified atom stereocenters. The highest BCUT2D eigenvalue weighted by molar-refractivity contribution is 7.80. The van der Waals surface area contributed by atoms with E-state index in [4.69, 9.17) is 33.8 Å². The van der Waals surface area contributed by atoms with E-state index in [0.717, 1.165) is 62.2 Å². The number of halogens is 1. The number of piperidine rings is 1. The minimum Gasteiger partial charge on any atom is -0.361 e. The molecule has 200 valence electrons. The van der Waals surface area contributed by atoms with Crippen LogP contribution in [0, 0.1) is 11.8 Å². The summed E-state index contributed by atoms with van der Waals surface area (Å²) in [6.07, 6.45) is 9.78. The van der Waals surface area contributed by atoms with Crippen LogP contribution in [0.2, 0.25) is 5.02 Å². The standard InChI is InChI=1S/C29H41ClN6S/c1-21-16-22(2)19-36(18-21)26-17-25(35-14-6-7-15-35)32-27(33-26)34-28(37)31-20-29(12-4-3-5-13-29)23-8-10-24(30)11-9-23/h8-11,17,21-22H,3-7,12-16,18-20H2,1-2H3,(H2,31,32,33,34,37)/t21-,22-/m1/s1. The number of benzene rings is 1. The van der Waals surface area contributed by atoms with Gasteiger partial charge in [-0.1, -0.05) is 56.8 Å². The van der Waals surface area contributed by atoms with Gasteiger partial charge < -0.3 is 20.4 Å². The van der Waals surface area contributed by atoms with Crippen molar-refractivity contribution in [3.8, 4) is 0 Å². The molecule has 1 aliphatic carbocycles. The number of hydrogen-bond donors (Lipinski definition) is 2. The lowest BCUT2D eigenvalue weighted by atomic mass is 9.69. The molecule has 6 nitrogen and oxygen atoms in total. The maximum Gasteiger partial charge on any atom is 0.232 e. The SMILES string of the molecule is C[C@@H]1C[C@@H](C)CN(c2cc(N3CCCC3)nc(NC(=S)NCC3(c4ccc(Cl)cc4)CCCCC3)n2)C1. The molecule has 8 heteroatoms. The van der Waals surface area contributed by atoms with Crippen molar-refractivity contribution in [2.24, 2.45) is 11.8 Å². The van der Waals surface area contributed by atoms with Crippen molar-refractivity contribution in [3.05, 3.63) is 40.9 Å². The Morgan fingerprint density at radius 3 is 2.22 bits per heavy atom. The lowest BCUT2D eigenvalue weighted by molar-refractivity contribution is 0.292. The number of nitrogens with one attached hydrogen (secondary N) is 2. The molecule has 0 bridgehead atoms. The van der Waals surface area contributed by atoms with Crippen LogP contribution < -0.4 is 20.4 Å². The van der Waals surface area contributed by atoms with Crippen molar-refractivity contribution in [1.29, 1.82) is 0 Å². The van der Waals surface area contributed by atoms with Crippen LogP contribution in [0.4, 0.5) is 17.6 Å². The Balaban J connectivity index is 1.32. The summed E-state index contributed by atoms with van der Waals surface area (Å²) in [5.41, 5.74) is 1.41. The number of nitrogens with zero attached hydrogens (tertiary/aromatic N) is 4. The monoisotopic (exact) mass is 540 g/mol. The fraction of sp³-hybridized carbons (Fsp3) is 0.621. The van der Waals surface area contributed by atoms with Crippen LogP contribution in [0.5, 0.6) is 0 Å². The minimum atomic E-state index is 0.0675. The van der Waals surface area contributed by atoms with Gasteiger partial charge in [-0.2, -0.15) is 9.97 Å². The normalized spacial score (nSPS) is 23.6. The van der Waals surface area contributed by atoms with Gasteiger partial charge in [0.2, 0.25) is 5.95 Å². The molecular formula is C29H41ClN6S. The first-order valence-corrected chi connectivity index (χ1v) is 14.9. The predicted octanol–water partition coefficient (Wildman–Crippen LogP) is 6.40. The molecule has 1 aromatic carbocycles. The zero-order valence-electron chi connectivity index (χ0n) is 22.3. The van der Waals surface area contributed by atoms with Crippen LogP contribution >= 0.6 is 23.8 Å². The van der Waals surface area contributed by atoms with Gasteiger partial charge >= 0.3 is 0 Å². The summed E-state index contributed by atoms with van der Waals surface area (Å²) >= 11 is 12.0. The molecule has 3 fully saturated rings. The maximum atomic E-state index is 6.19. The average molecular weight is 541 g/mol. The average Bonchev–Trinajstić information content (AvgIpc) is 3.43. The summed E-state index contributed by atoms with van der Waals surface area (Å²) in [6, 6.07) is 10.6. The molecule has 2 N–H and O–H groups in total. The summed E-state index contributed by atoms with van der Waals surface area (Å²) < 4.78 is 0. The van der Waals surface area contributed by atoms with Crippen molar-refractivity contribution in [3.63, 3.8) is 0 Å². The lowest BCUT2D eigenvalue weighted by Crippen LogP contribution is -2.43. The van der Waals surface area contributed by atoms with E-state index in [1.165, 1.54) is 44.1 Å². The Morgan fingerprint density at radius 1 is 0.946 bits per heavy atom. The van der Waals surface area contributed by atoms with Gasteiger partial charge in [-0.3, -0.25) is 0 Å². The molecule has 1 aromatic heterocycles. The summed E-state index contributed by atoms with van der Waals surface area (Å²) in [5.74, 6) is 3.92. The molecule has 2 aliphatic heterocycles. The third kappa shape index (κ3) is 6.48. The minimum absolute atomic E-state index is 0.0675. The molecular weight excluding hydrogens is 500 g/mol. The van der Waals surface area contributed by atoms with E-state index in [9.17, 15) is 0 Å². The van der Waals surface area contributed by atoms with Crippen LogP contribution in [0.25, 0.3) is 0 Å². The second-order valence-electron chi connectivity index (χ2n) is 11.6. The molecule has 2 aromatic rings. The van der Waals surface area contributed by atoms with Crippen molar-refractivity contribution in [1.82, 2.24) is 15.3 Å². The van der Waals surface area contributed by atoms with Crippen LogP contribution in [0.15, 0.2) is 30.3 Å². The smallest absolute Gasteiger partial charge is 0.232 e. The zero-order valence-corrected chi connectivity index (χ0v) is 23.9. The molecule has 2 saturated heterocycles. The first kappa shape index (κ1) is 26.5. The second-order valence-corrected chi connectivity index (χ2v) is 12.5. The highest BCUT2D eigenvalue weighted by atomic mass is 35.5. The molecule has 3 aliphatic rings. The summed E-state index contributed by atoms with van der Waals surface area (Å²) in [7, 11) is 0. The number of hydrogen-bond acceptors (Lipinski definition) is 5. The molecule has 3 heterocycles. The number of thiocarbonyl (C=S) groups is 1. The van der Waals surface area contributed by atoms with Crippen molar-refractivity contribution in [2.75, 3.05) is 47.8 Å². The number of rotatable bonds is 6. The Bertz CT molecular complexity index is 1050. The predicted molar refractivity (Wildman–Crippen MR) is 159 cm³/mol. The molecule has 0 radical (unpaired) electrons. The van der Waals surface area contributed by atoms with E-state index in [1.807, 2.05) is 12.1 Å². The van der Waals surface area contributed by atoms with E-state index in [0.29, 0.717) is 22.9 Å². The van der Waals surface area contributed by atoms with Gasteiger partial charge in [0, 0.05) is 49.2 Å². The molecule has 37 heavy (non-hydrogen) atoms. The Morgan fingerprint density at radius 2 is 1.57 bits per heavy atom. The van der Waals surface area contributed by atoms with E-state index in [-0.39, 0.29) is 5.41 Å². The maximum absolute atomic E-state index is 6.19. The Labute approximate surface area is 232 Å². The van der Waals surface area contributed by atoms with E-state index < -0.39 is 0 Å². The van der Waals surface area contributed by atoms with Crippen molar-refractivity contribution < 1.29 is 0 Å². The summed E-state index contributed by atoms with van der Waals surface area (Å²) in [4.78, 5) is 14.7. The van der Waals surface area contributed by atoms with Gasteiger partial charge in [0.15, 0.2) is 5.11 Å². The second kappa shape index (κ2) is 11.7. The van der Waals surface area contributed by atoms with Gasteiger partial charge in [0.05, 0.1) is 0 Å². The highest BCUT2D eigenvalue weighted by Gasteiger charge is 2.34. The summed E-state index contributed by atoms with van der Waals surface area (Å²) in [5, 5.41) is 8.25. The highest BCUT2D eigenvalue weighted by Crippen LogP contribution is 2.39. The third-order valence-electron chi connectivity index (χ3n) is 8.40. The van der Waals surface area contributed by atoms with Crippen LogP contribution in [-0.2, 0) is 5.41 Å². The van der Waals surface area contributed by atoms with Gasteiger partial charge in [-0.15, -0.1) is 0 Å². The quantitative estimate of drug-likeness (QED) is 0.411. The third-order valence-corrected chi connectivity index (χ3v) is 8.90. The number of aromatic nitrogens is 2. The van der Waals surface area contributed by atoms with Crippen LogP contribution in [-0.4, -0.2) is 47.8 Å². The zero-order chi connectivity index (χ0) is 25.8. The van der Waals surface area contributed by atoms with Crippen LogP contribution in [0.3, 0.4) is 0 Å². The van der Waals surface area contributed by atoms with Crippen LogP contribution in [0.1, 0.15) is 70.8 Å². The van der Waals surface area contributed by atoms with Gasteiger partial charge in [-0.25, -0.2) is 0 Å². The largest absolute Gasteiger partial charge is 0.361 e. The Kier molecular flexibility index (Phi) is 8.40. The molecule has 5 rings (SSSR count). The van der Waals surface area contributed by atoms with Gasteiger partial charge in [0.25, 0.3) is 0 Å². The molecule has 0 spiro atoms. The molecule has 0 amide bonds. The summed E-state index contributed by atoms with van der Waals surface area (Å²) in [6.45, 7) is 9.64. The number of anilines is 3. The fourth-order valence-electron chi connectivity index (χ4n) is 6.59. The topological polar surface area (TPSA) is 56.3 Å². The van der Waals surface area contributed by atoms with Crippen molar-refractivity contribution in [2.45, 2.75) is 70.6 Å².